The normalized spacial score (nSPS) is 12.3. The van der Waals surface area contributed by atoms with E-state index in [1.54, 1.807) is 18.4 Å². The quantitative estimate of drug-likeness (QED) is 0.626. The largest absolute Gasteiger partial charge is 0.494 e. The highest BCUT2D eigenvalue weighted by molar-refractivity contribution is 7.07. The summed E-state index contributed by atoms with van der Waals surface area (Å²) in [4.78, 5) is 5.16. The van der Waals surface area contributed by atoms with Crippen LogP contribution in [0.3, 0.4) is 0 Å². The third-order valence-corrected chi connectivity index (χ3v) is 5.26. The summed E-state index contributed by atoms with van der Waals surface area (Å²) in [5.41, 5.74) is 5.61. The predicted octanol–water partition coefficient (Wildman–Crippen LogP) is 4.08. The Morgan fingerprint density at radius 3 is 2.50 bits per heavy atom. The minimum Gasteiger partial charge on any atom is -0.494 e. The van der Waals surface area contributed by atoms with Crippen molar-refractivity contribution in [1.82, 2.24) is 9.24 Å². The molecule has 0 unspecified atom stereocenters. The van der Waals surface area contributed by atoms with E-state index in [9.17, 15) is 0 Å². The number of hydrogen-bond acceptors (Lipinski definition) is 4. The molecule has 0 amide bonds. The van der Waals surface area contributed by atoms with Gasteiger partial charge in [0.2, 0.25) is 4.80 Å². The van der Waals surface area contributed by atoms with Crippen LogP contribution in [0.2, 0.25) is 0 Å². The zero-order valence-corrected chi connectivity index (χ0v) is 16.7. The molecule has 0 N–H and O–H groups in total. The zero-order valence-electron chi connectivity index (χ0n) is 15.9. The van der Waals surface area contributed by atoms with E-state index >= 15 is 0 Å². The molecule has 0 saturated heterocycles. The maximum Gasteiger partial charge on any atom is 0.205 e. The molecule has 2 heterocycles. The lowest BCUT2D eigenvalue weighted by molar-refractivity contribution is 0.340. The first kappa shape index (κ1) is 18.2. The molecule has 3 rings (SSSR count). The van der Waals surface area contributed by atoms with E-state index in [1.165, 1.54) is 5.69 Å². The van der Waals surface area contributed by atoms with E-state index in [-0.39, 0.29) is 0 Å². The monoisotopic (exact) mass is 368 g/mol. The molecule has 0 aliphatic heterocycles. The van der Waals surface area contributed by atoms with Gasteiger partial charge in [0.15, 0.2) is 0 Å². The van der Waals surface area contributed by atoms with Crippen molar-refractivity contribution in [2.75, 3.05) is 13.7 Å². The number of thiazole rings is 1. The van der Waals surface area contributed by atoms with Crippen LogP contribution in [-0.4, -0.2) is 29.1 Å². The maximum atomic E-state index is 5.53. The Labute approximate surface area is 157 Å². The fourth-order valence-electron chi connectivity index (χ4n) is 2.97. The molecule has 1 aromatic carbocycles. The fraction of sp³-hybridized carbons (Fsp3) is 0.300. The number of ether oxygens (including phenoxy) is 1. The van der Waals surface area contributed by atoms with Crippen molar-refractivity contribution in [3.63, 3.8) is 0 Å². The van der Waals surface area contributed by atoms with E-state index in [2.05, 4.69) is 52.1 Å². The van der Waals surface area contributed by atoms with Gasteiger partial charge in [-0.1, -0.05) is 0 Å². The minimum absolute atomic E-state index is 0.674. The van der Waals surface area contributed by atoms with Crippen LogP contribution in [0.15, 0.2) is 45.8 Å². The Balaban J connectivity index is 1.95. The average molecular weight is 369 g/mol. The van der Waals surface area contributed by atoms with Crippen molar-refractivity contribution in [3.8, 4) is 11.4 Å². The Hall–Kier alpha value is -2.60. The first-order chi connectivity index (χ1) is 12.5. The molecule has 0 fully saturated rings. The third kappa shape index (κ3) is 3.51. The smallest absolute Gasteiger partial charge is 0.205 e. The van der Waals surface area contributed by atoms with E-state index in [0.29, 0.717) is 6.61 Å². The van der Waals surface area contributed by atoms with Gasteiger partial charge in [0.1, 0.15) is 5.75 Å². The molecule has 26 heavy (non-hydrogen) atoms. The van der Waals surface area contributed by atoms with Crippen LogP contribution in [0, 0.1) is 20.8 Å². The molecule has 136 valence electrons. The summed E-state index contributed by atoms with van der Waals surface area (Å²) in [6.45, 7) is 8.92. The van der Waals surface area contributed by atoms with E-state index in [1.807, 2.05) is 36.9 Å². The molecule has 0 aliphatic carbocycles. The number of hydrogen-bond donors (Lipinski definition) is 0. The molecule has 0 bridgehead atoms. The molecule has 2 aromatic heterocycles. The van der Waals surface area contributed by atoms with Crippen molar-refractivity contribution in [2.24, 2.45) is 10.1 Å². The van der Waals surface area contributed by atoms with Crippen molar-refractivity contribution in [3.05, 3.63) is 63.2 Å². The van der Waals surface area contributed by atoms with Crippen molar-refractivity contribution >= 4 is 17.6 Å². The van der Waals surface area contributed by atoms with Gasteiger partial charge < -0.3 is 9.30 Å². The molecule has 3 aromatic rings. The van der Waals surface area contributed by atoms with Crippen LogP contribution in [0.25, 0.3) is 5.69 Å². The molecule has 0 aliphatic rings. The Morgan fingerprint density at radius 2 is 1.85 bits per heavy atom. The van der Waals surface area contributed by atoms with Crippen LogP contribution in [-0.2, 0) is 0 Å². The molecule has 0 spiro atoms. The van der Waals surface area contributed by atoms with Crippen molar-refractivity contribution in [1.29, 1.82) is 0 Å². The number of aromatic nitrogens is 2. The lowest BCUT2D eigenvalue weighted by Gasteiger charge is -2.11. The number of nitrogens with zero attached hydrogens (tertiary/aromatic N) is 4. The fourth-order valence-corrected chi connectivity index (χ4v) is 3.74. The van der Waals surface area contributed by atoms with Crippen LogP contribution in [0.1, 0.15) is 29.6 Å². The summed E-state index contributed by atoms with van der Waals surface area (Å²) >= 11 is 1.59. The Kier molecular flexibility index (Phi) is 5.42. The third-order valence-electron chi connectivity index (χ3n) is 4.23. The summed E-state index contributed by atoms with van der Waals surface area (Å²) in [6.07, 6.45) is 1.90. The standard InChI is InChI=1S/C20H24N4OS/c1-6-25-19-9-7-18(8-10-19)23-14(2)11-17(16(23)4)12-22-24-15(3)13-26-20(24)21-5/h7-13H,6H2,1-5H3. The lowest BCUT2D eigenvalue weighted by Crippen LogP contribution is -2.11. The summed E-state index contributed by atoms with van der Waals surface area (Å²) in [7, 11) is 1.79. The predicted molar refractivity (Wildman–Crippen MR) is 108 cm³/mol. The molecule has 5 nitrogen and oxygen atoms in total. The molecular formula is C20H24N4OS. The highest BCUT2D eigenvalue weighted by Gasteiger charge is 2.10. The van der Waals surface area contributed by atoms with Gasteiger partial charge in [0.05, 0.1) is 18.5 Å². The number of benzene rings is 1. The lowest BCUT2D eigenvalue weighted by atomic mass is 10.2. The Morgan fingerprint density at radius 1 is 1.12 bits per heavy atom. The minimum atomic E-state index is 0.674. The topological polar surface area (TPSA) is 43.8 Å². The van der Waals surface area contributed by atoms with E-state index < -0.39 is 0 Å². The second-order valence-corrected chi connectivity index (χ2v) is 6.86. The highest BCUT2D eigenvalue weighted by atomic mass is 32.1. The molecule has 0 saturated carbocycles. The van der Waals surface area contributed by atoms with Gasteiger partial charge in [-0.3, -0.25) is 4.99 Å². The van der Waals surface area contributed by atoms with Gasteiger partial charge in [-0.05, 0) is 58.0 Å². The molecule has 0 radical (unpaired) electrons. The highest BCUT2D eigenvalue weighted by Crippen LogP contribution is 2.22. The first-order valence-electron chi connectivity index (χ1n) is 8.61. The molecule has 6 heteroatoms. The SMILES string of the molecule is CCOc1ccc(-n2c(C)cc(C=Nn3c(C)csc3=NC)c2C)cc1. The maximum absolute atomic E-state index is 5.53. The number of rotatable bonds is 5. The van der Waals surface area contributed by atoms with Crippen molar-refractivity contribution in [2.45, 2.75) is 27.7 Å². The number of aryl methyl sites for hydroxylation is 2. The summed E-state index contributed by atoms with van der Waals surface area (Å²) in [6, 6.07) is 10.3. The van der Waals surface area contributed by atoms with Gasteiger partial charge in [0.25, 0.3) is 0 Å². The second kappa shape index (κ2) is 7.74. The Bertz CT molecular complexity index is 990. The van der Waals surface area contributed by atoms with Gasteiger partial charge in [-0.25, -0.2) is 4.68 Å². The first-order valence-corrected chi connectivity index (χ1v) is 9.49. The summed E-state index contributed by atoms with van der Waals surface area (Å²) < 4.78 is 9.63. The second-order valence-electron chi connectivity index (χ2n) is 6.03. The van der Waals surface area contributed by atoms with Crippen LogP contribution in [0.5, 0.6) is 5.75 Å². The molecular weight excluding hydrogens is 344 g/mol. The van der Waals surface area contributed by atoms with Crippen molar-refractivity contribution < 1.29 is 4.74 Å². The molecule has 0 atom stereocenters. The average Bonchev–Trinajstić information content (AvgIpc) is 3.13. The summed E-state index contributed by atoms with van der Waals surface area (Å²) in [5.74, 6) is 0.890. The van der Waals surface area contributed by atoms with Crippen LogP contribution >= 0.6 is 11.3 Å². The van der Waals surface area contributed by atoms with Gasteiger partial charge in [-0.2, -0.15) is 5.10 Å². The van der Waals surface area contributed by atoms with Gasteiger partial charge in [0, 0.05) is 35.1 Å². The van der Waals surface area contributed by atoms with E-state index in [0.717, 1.165) is 33.2 Å². The van der Waals surface area contributed by atoms with E-state index in [4.69, 9.17) is 4.74 Å². The van der Waals surface area contributed by atoms with Gasteiger partial charge in [-0.15, -0.1) is 11.3 Å². The van der Waals surface area contributed by atoms with Crippen LogP contribution < -0.4 is 9.54 Å². The zero-order chi connectivity index (χ0) is 18.7. The van der Waals surface area contributed by atoms with Crippen LogP contribution in [0.4, 0.5) is 0 Å². The summed E-state index contributed by atoms with van der Waals surface area (Å²) in [5, 5.41) is 6.69. The van der Waals surface area contributed by atoms with Gasteiger partial charge >= 0.3 is 0 Å².